The number of rotatable bonds is 5. The maximum atomic E-state index is 14.3. The molecule has 5 rings (SSSR count). The third kappa shape index (κ3) is 3.78. The molecule has 0 aromatic heterocycles. The van der Waals surface area contributed by atoms with Crippen LogP contribution in [0.4, 0.5) is 5.69 Å². The van der Waals surface area contributed by atoms with Gasteiger partial charge in [-0.15, -0.1) is 0 Å². The molecule has 2 fully saturated rings. The zero-order chi connectivity index (χ0) is 25.6. The molecule has 0 saturated carbocycles. The number of likely N-dealkylation sites (tertiary alicyclic amines) is 1. The number of cyclic esters (lactones) is 1. The Kier molecular flexibility index (Phi) is 6.70. The second kappa shape index (κ2) is 9.65. The van der Waals surface area contributed by atoms with E-state index in [1.54, 1.807) is 35.2 Å². The maximum Gasteiger partial charge on any atom is 0.312 e. The van der Waals surface area contributed by atoms with Gasteiger partial charge in [0.2, 0.25) is 5.91 Å². The Morgan fingerprint density at radius 1 is 1.17 bits per heavy atom. The van der Waals surface area contributed by atoms with Crippen molar-refractivity contribution in [1.29, 1.82) is 0 Å². The molecule has 0 bridgehead atoms. The molecule has 2 saturated heterocycles. The summed E-state index contributed by atoms with van der Waals surface area (Å²) in [4.78, 5) is 44.7. The zero-order valence-electron chi connectivity index (χ0n) is 20.4. The molecule has 7 atom stereocenters. The quantitative estimate of drug-likeness (QED) is 0.479. The highest BCUT2D eigenvalue weighted by Gasteiger charge is 2.72. The highest BCUT2D eigenvalue weighted by atomic mass is 35.5. The predicted molar refractivity (Wildman–Crippen MR) is 133 cm³/mol. The lowest BCUT2D eigenvalue weighted by molar-refractivity contribution is -0.155. The summed E-state index contributed by atoms with van der Waals surface area (Å²) in [5, 5.41) is 10.9. The van der Waals surface area contributed by atoms with E-state index in [-0.39, 0.29) is 37.5 Å². The van der Waals surface area contributed by atoms with E-state index in [1.807, 2.05) is 32.1 Å². The standard InChI is InChI=1S/C27H31ClN2O6/c1-3-16(2)19(15-31)30-23-25(33)29(18-10-8-17(28)9-11-18)13-6-12-27(23)22(24(30)32)21-20(36-27)7-4-5-14-35-26(21)34/h4,6-12,16,19-23,31H,3,5,13-15H2,1-2H3/t16-,19-,20-,21+,22-,23?,27-/m0/s1. The van der Waals surface area contributed by atoms with Gasteiger partial charge in [-0.1, -0.05) is 56.2 Å². The zero-order valence-corrected chi connectivity index (χ0v) is 21.1. The van der Waals surface area contributed by atoms with Crippen LogP contribution in [0.2, 0.25) is 5.02 Å². The van der Waals surface area contributed by atoms with Gasteiger partial charge < -0.3 is 24.4 Å². The van der Waals surface area contributed by atoms with Crippen LogP contribution in [0.1, 0.15) is 26.7 Å². The molecule has 8 nitrogen and oxygen atoms in total. The van der Waals surface area contributed by atoms with Crippen LogP contribution < -0.4 is 4.90 Å². The monoisotopic (exact) mass is 514 g/mol. The van der Waals surface area contributed by atoms with E-state index >= 15 is 0 Å². The third-order valence-corrected chi connectivity index (χ3v) is 8.29. The van der Waals surface area contributed by atoms with Gasteiger partial charge in [0.25, 0.3) is 5.91 Å². The Morgan fingerprint density at radius 2 is 1.92 bits per heavy atom. The van der Waals surface area contributed by atoms with Gasteiger partial charge in [0, 0.05) is 17.3 Å². The van der Waals surface area contributed by atoms with Gasteiger partial charge in [0.05, 0.1) is 31.3 Å². The molecule has 4 aliphatic heterocycles. The van der Waals surface area contributed by atoms with Crippen LogP contribution in [-0.4, -0.2) is 71.3 Å². The van der Waals surface area contributed by atoms with Crippen LogP contribution in [0.25, 0.3) is 0 Å². The van der Waals surface area contributed by atoms with Crippen molar-refractivity contribution in [1.82, 2.24) is 4.90 Å². The molecule has 1 unspecified atom stereocenters. The summed E-state index contributed by atoms with van der Waals surface area (Å²) < 4.78 is 12.0. The fourth-order valence-corrected chi connectivity index (χ4v) is 6.20. The minimum Gasteiger partial charge on any atom is -0.465 e. The van der Waals surface area contributed by atoms with Crippen LogP contribution in [-0.2, 0) is 23.9 Å². The highest BCUT2D eigenvalue weighted by molar-refractivity contribution is 6.30. The van der Waals surface area contributed by atoms with Crippen LogP contribution >= 0.6 is 11.6 Å². The van der Waals surface area contributed by atoms with E-state index in [2.05, 4.69) is 0 Å². The lowest BCUT2D eigenvalue weighted by Crippen LogP contribution is -2.59. The van der Waals surface area contributed by atoms with E-state index in [9.17, 15) is 19.5 Å². The minimum absolute atomic E-state index is 0.0844. The fourth-order valence-electron chi connectivity index (χ4n) is 6.07. The number of carbonyl (C=O) groups excluding carboxylic acids is 3. The number of aliphatic hydroxyl groups is 1. The molecule has 36 heavy (non-hydrogen) atoms. The number of nitrogens with zero attached hydrogens (tertiary/aromatic N) is 2. The lowest BCUT2D eigenvalue weighted by Gasteiger charge is -2.40. The van der Waals surface area contributed by atoms with E-state index in [0.29, 0.717) is 23.6 Å². The van der Waals surface area contributed by atoms with Gasteiger partial charge in [0.15, 0.2) is 0 Å². The summed E-state index contributed by atoms with van der Waals surface area (Å²) in [5.41, 5.74) is -0.728. The molecule has 1 spiro atoms. The molecular weight excluding hydrogens is 484 g/mol. The first kappa shape index (κ1) is 25.0. The summed E-state index contributed by atoms with van der Waals surface area (Å²) in [7, 11) is 0. The van der Waals surface area contributed by atoms with Crippen molar-refractivity contribution in [3.63, 3.8) is 0 Å². The topological polar surface area (TPSA) is 96.4 Å². The number of aliphatic hydroxyl groups excluding tert-OH is 1. The van der Waals surface area contributed by atoms with E-state index in [0.717, 1.165) is 0 Å². The highest BCUT2D eigenvalue weighted by Crippen LogP contribution is 2.54. The van der Waals surface area contributed by atoms with Gasteiger partial charge in [-0.3, -0.25) is 14.4 Å². The van der Waals surface area contributed by atoms with Gasteiger partial charge in [-0.05, 0) is 36.6 Å². The third-order valence-electron chi connectivity index (χ3n) is 8.04. The molecule has 4 aliphatic rings. The number of anilines is 1. The van der Waals surface area contributed by atoms with Crippen LogP contribution in [0, 0.1) is 17.8 Å². The SMILES string of the molecule is CC[C@H](C)[C@H](CO)N1C(=O)[C@@H]2[C@@H]3C(=O)OCCC=C[C@@H]3O[C@@]23C=CCN(c2ccc(Cl)cc2)C(=O)C13. The number of esters is 1. The van der Waals surface area contributed by atoms with E-state index in [4.69, 9.17) is 21.1 Å². The first-order valence-corrected chi connectivity index (χ1v) is 12.9. The number of hydrogen-bond acceptors (Lipinski definition) is 6. The molecule has 2 amide bonds. The second-order valence-electron chi connectivity index (χ2n) is 9.93. The van der Waals surface area contributed by atoms with Gasteiger partial charge in [-0.25, -0.2) is 0 Å². The van der Waals surface area contributed by atoms with Crippen LogP contribution in [0.15, 0.2) is 48.6 Å². The molecule has 1 aromatic rings. The Hall–Kier alpha value is -2.68. The van der Waals surface area contributed by atoms with Crippen LogP contribution in [0.5, 0.6) is 0 Å². The number of benzene rings is 1. The summed E-state index contributed by atoms with van der Waals surface area (Å²) in [5.74, 6) is -3.09. The second-order valence-corrected chi connectivity index (χ2v) is 10.4. The number of fused-ring (bicyclic) bond motifs is 2. The van der Waals surface area contributed by atoms with Crippen molar-refractivity contribution >= 4 is 35.1 Å². The number of amides is 2. The predicted octanol–water partition coefficient (Wildman–Crippen LogP) is 2.73. The van der Waals surface area contributed by atoms with Crippen molar-refractivity contribution < 1.29 is 29.0 Å². The molecule has 192 valence electrons. The Morgan fingerprint density at radius 3 is 2.61 bits per heavy atom. The number of carbonyl (C=O) groups is 3. The summed E-state index contributed by atoms with van der Waals surface area (Å²) in [6.07, 6.45) is 7.86. The fraction of sp³-hybridized carbons (Fsp3) is 0.519. The summed E-state index contributed by atoms with van der Waals surface area (Å²) in [6, 6.07) is 5.27. The Balaban J connectivity index is 1.66. The first-order valence-electron chi connectivity index (χ1n) is 12.5. The summed E-state index contributed by atoms with van der Waals surface area (Å²) >= 11 is 6.08. The lowest BCUT2D eigenvalue weighted by atomic mass is 9.77. The largest absolute Gasteiger partial charge is 0.465 e. The van der Waals surface area contributed by atoms with Gasteiger partial charge >= 0.3 is 5.97 Å². The van der Waals surface area contributed by atoms with Crippen molar-refractivity contribution in [3.8, 4) is 0 Å². The molecule has 0 radical (unpaired) electrons. The molecule has 9 heteroatoms. The average Bonchev–Trinajstić information content (AvgIpc) is 3.24. The van der Waals surface area contributed by atoms with E-state index in [1.165, 1.54) is 4.90 Å². The number of hydrogen-bond donors (Lipinski definition) is 1. The average molecular weight is 515 g/mol. The molecule has 0 aliphatic carbocycles. The normalized spacial score (nSPS) is 33.3. The van der Waals surface area contributed by atoms with Crippen molar-refractivity contribution in [3.05, 3.63) is 53.6 Å². The minimum atomic E-state index is -1.36. The first-order chi connectivity index (χ1) is 17.3. The number of ether oxygens (including phenoxy) is 2. The Bertz CT molecular complexity index is 1100. The molecule has 1 aromatic carbocycles. The smallest absolute Gasteiger partial charge is 0.312 e. The number of halogens is 1. The molecular formula is C27H31ClN2O6. The molecule has 4 heterocycles. The van der Waals surface area contributed by atoms with Gasteiger partial charge in [0.1, 0.15) is 17.6 Å². The molecule has 1 N–H and O–H groups in total. The Labute approximate surface area is 215 Å². The van der Waals surface area contributed by atoms with Gasteiger partial charge in [-0.2, -0.15) is 0 Å². The van der Waals surface area contributed by atoms with Crippen molar-refractivity contribution in [2.24, 2.45) is 17.8 Å². The van der Waals surface area contributed by atoms with E-state index < -0.39 is 41.6 Å². The summed E-state index contributed by atoms with van der Waals surface area (Å²) in [6.45, 7) is 4.10. The maximum absolute atomic E-state index is 14.3. The van der Waals surface area contributed by atoms with Crippen LogP contribution in [0.3, 0.4) is 0 Å². The van der Waals surface area contributed by atoms with Crippen molar-refractivity contribution in [2.75, 3.05) is 24.7 Å². The van der Waals surface area contributed by atoms with Crippen molar-refractivity contribution in [2.45, 2.75) is 50.5 Å².